The number of hydrogen-bond acceptors (Lipinski definition) is 10. The number of aliphatic imine (C=N–C) groups is 1. The van der Waals surface area contributed by atoms with Crippen LogP contribution in [0.4, 0.5) is 0 Å². The highest BCUT2D eigenvalue weighted by Gasteiger charge is 2.54. The fraction of sp³-hybridized carbons (Fsp3) is 0.250. The monoisotopic (exact) mass is 527 g/mol. The minimum atomic E-state index is -1.48. The molecular weight excluding hydrogens is 506 g/mol. The largest absolute Gasteiger partial charge is 0.508 e. The molecular formula is C24H21N3O9S. The number of fused-ring (bicyclic) bond motifs is 1. The first kappa shape index (κ1) is 25.7. The number of carboxylic acids is 1. The van der Waals surface area contributed by atoms with Gasteiger partial charge in [0.1, 0.15) is 39.9 Å². The molecule has 2 amide bonds. The quantitative estimate of drug-likeness (QED) is 0.234. The number of ether oxygens (including phenoxy) is 1. The van der Waals surface area contributed by atoms with Crippen molar-refractivity contribution in [3.05, 3.63) is 64.6 Å². The Balaban J connectivity index is 1.69. The van der Waals surface area contributed by atoms with E-state index in [-0.39, 0.29) is 17.0 Å². The van der Waals surface area contributed by atoms with Gasteiger partial charge in [-0.3, -0.25) is 24.3 Å². The molecule has 2 heterocycles. The number of benzene rings is 1. The normalized spacial score (nSPS) is 23.0. The van der Waals surface area contributed by atoms with Crippen LogP contribution < -0.4 is 5.32 Å². The molecule has 4 N–H and O–H groups in total. The number of methoxy groups -OCH3 is 1. The molecule has 192 valence electrons. The van der Waals surface area contributed by atoms with Gasteiger partial charge in [0.2, 0.25) is 11.7 Å². The van der Waals surface area contributed by atoms with Gasteiger partial charge in [0.15, 0.2) is 6.04 Å². The van der Waals surface area contributed by atoms with Crippen molar-refractivity contribution in [3.8, 4) is 5.75 Å². The Bertz CT molecular complexity index is 1340. The van der Waals surface area contributed by atoms with Crippen LogP contribution in [0.2, 0.25) is 0 Å². The standard InChI is InChI=1S/C24H21N3O9S/c1-10-9-37-22-18(21(32)27(22)19(10)23(33)34)26-20(31)16(11-3-5-12(28)6-4-11)25-17-14(30)8-7-13(29)15(17)24(35)36-2/h3-8,16,18,22,28-29H,9H2,1-2H3,(H,26,31)(H,33,34)/t16-,18-,22-/m1/s1. The number of ketones is 1. The number of β-lactam (4-membered cyclic amide) rings is 1. The van der Waals surface area contributed by atoms with E-state index in [0.29, 0.717) is 11.3 Å². The van der Waals surface area contributed by atoms with Crippen molar-refractivity contribution in [2.24, 2.45) is 4.99 Å². The van der Waals surface area contributed by atoms with E-state index in [4.69, 9.17) is 0 Å². The zero-order chi connectivity index (χ0) is 27.0. The number of aliphatic carboxylic acids is 1. The van der Waals surface area contributed by atoms with Gasteiger partial charge in [0.25, 0.3) is 5.91 Å². The van der Waals surface area contributed by atoms with Crippen LogP contribution in [0.1, 0.15) is 18.5 Å². The van der Waals surface area contributed by atoms with Crippen LogP contribution in [0, 0.1) is 0 Å². The molecule has 1 aromatic rings. The van der Waals surface area contributed by atoms with E-state index in [1.54, 1.807) is 6.92 Å². The summed E-state index contributed by atoms with van der Waals surface area (Å²) >= 11 is 1.28. The molecule has 3 atom stereocenters. The summed E-state index contributed by atoms with van der Waals surface area (Å²) in [5, 5.41) is 31.3. The lowest BCUT2D eigenvalue weighted by Gasteiger charge is -2.49. The molecule has 4 rings (SSSR count). The lowest BCUT2D eigenvalue weighted by molar-refractivity contribution is -0.150. The van der Waals surface area contributed by atoms with Gasteiger partial charge in [-0.1, -0.05) is 12.1 Å². The van der Waals surface area contributed by atoms with E-state index in [1.807, 2.05) is 0 Å². The molecule has 1 fully saturated rings. The second kappa shape index (κ2) is 9.93. The van der Waals surface area contributed by atoms with Crippen LogP contribution in [0.15, 0.2) is 64.0 Å². The van der Waals surface area contributed by atoms with Gasteiger partial charge in [0, 0.05) is 5.75 Å². The summed E-state index contributed by atoms with van der Waals surface area (Å²) in [6.07, 6.45) is 1.97. The summed E-state index contributed by atoms with van der Waals surface area (Å²) in [6, 6.07) is 2.76. The minimum absolute atomic E-state index is 0.105. The molecule has 1 saturated heterocycles. The first-order valence-electron chi connectivity index (χ1n) is 10.8. The molecule has 0 bridgehead atoms. The van der Waals surface area contributed by atoms with E-state index < -0.39 is 64.0 Å². The number of aromatic hydroxyl groups is 1. The van der Waals surface area contributed by atoms with Crippen molar-refractivity contribution in [1.82, 2.24) is 10.2 Å². The number of phenolic OH excluding ortho intramolecular Hbond substituents is 1. The van der Waals surface area contributed by atoms with Crippen LogP contribution in [0.5, 0.6) is 5.75 Å². The lowest BCUT2D eigenvalue weighted by Crippen LogP contribution is -2.70. The summed E-state index contributed by atoms with van der Waals surface area (Å²) in [6.45, 7) is 1.61. The maximum absolute atomic E-state index is 13.4. The molecule has 2 aliphatic heterocycles. The number of thioether (sulfide) groups is 1. The van der Waals surface area contributed by atoms with Gasteiger partial charge in [0.05, 0.1) is 7.11 Å². The number of rotatable bonds is 6. The molecule has 0 unspecified atom stereocenters. The van der Waals surface area contributed by atoms with Gasteiger partial charge >= 0.3 is 11.9 Å². The SMILES string of the molecule is COC(=O)C1=C(O)C=CC(=O)C1=N[C@@H](C(=O)N[C@@H]1C(=O)N2C(C(=O)O)=C(C)CS[C@H]12)c1ccc(O)cc1. The van der Waals surface area contributed by atoms with Crippen LogP contribution in [-0.4, -0.2) is 79.7 Å². The van der Waals surface area contributed by atoms with E-state index >= 15 is 0 Å². The highest BCUT2D eigenvalue weighted by Crippen LogP contribution is 2.40. The first-order chi connectivity index (χ1) is 17.5. The number of phenols is 1. The Morgan fingerprint density at radius 3 is 2.46 bits per heavy atom. The summed E-state index contributed by atoms with van der Waals surface area (Å²) in [4.78, 5) is 68.1. The molecule has 0 radical (unpaired) electrons. The van der Waals surface area contributed by atoms with Crippen molar-refractivity contribution in [3.63, 3.8) is 0 Å². The summed E-state index contributed by atoms with van der Waals surface area (Å²) in [7, 11) is 1.05. The van der Waals surface area contributed by atoms with Crippen molar-refractivity contribution >= 4 is 47.0 Å². The molecule has 37 heavy (non-hydrogen) atoms. The summed E-state index contributed by atoms with van der Waals surface area (Å²) < 4.78 is 4.64. The predicted molar refractivity (Wildman–Crippen MR) is 129 cm³/mol. The van der Waals surface area contributed by atoms with Crippen LogP contribution in [0.25, 0.3) is 0 Å². The average Bonchev–Trinajstić information content (AvgIpc) is 2.87. The predicted octanol–water partition coefficient (Wildman–Crippen LogP) is 0.757. The van der Waals surface area contributed by atoms with Gasteiger partial charge in [-0.05, 0) is 42.3 Å². The Kier molecular flexibility index (Phi) is 6.90. The second-order valence-electron chi connectivity index (χ2n) is 8.25. The van der Waals surface area contributed by atoms with E-state index in [9.17, 15) is 39.3 Å². The molecule has 12 nitrogen and oxygen atoms in total. The average molecular weight is 528 g/mol. The van der Waals surface area contributed by atoms with Crippen molar-refractivity contribution in [2.75, 3.05) is 12.9 Å². The molecule has 1 aromatic carbocycles. The Morgan fingerprint density at radius 2 is 1.84 bits per heavy atom. The minimum Gasteiger partial charge on any atom is -0.508 e. The summed E-state index contributed by atoms with van der Waals surface area (Å²) in [5.74, 6) is -4.86. The maximum Gasteiger partial charge on any atom is 0.352 e. The van der Waals surface area contributed by atoms with E-state index in [0.717, 1.165) is 24.2 Å². The number of carbonyl (C=O) groups excluding carboxylic acids is 4. The topological polar surface area (TPSA) is 183 Å². The van der Waals surface area contributed by atoms with Crippen molar-refractivity contribution in [1.29, 1.82) is 0 Å². The van der Waals surface area contributed by atoms with Gasteiger partial charge in [-0.25, -0.2) is 9.59 Å². The number of allylic oxidation sites excluding steroid dienone is 2. The third-order valence-electron chi connectivity index (χ3n) is 5.88. The number of esters is 1. The first-order valence-corrected chi connectivity index (χ1v) is 11.9. The maximum atomic E-state index is 13.4. The highest BCUT2D eigenvalue weighted by molar-refractivity contribution is 8.00. The third-order valence-corrected chi connectivity index (χ3v) is 7.31. The van der Waals surface area contributed by atoms with Gasteiger partial charge in [-0.15, -0.1) is 11.8 Å². The third kappa shape index (κ3) is 4.60. The zero-order valence-corrected chi connectivity index (χ0v) is 20.3. The number of amides is 2. The van der Waals surface area contributed by atoms with Crippen LogP contribution >= 0.6 is 11.8 Å². The fourth-order valence-corrected chi connectivity index (χ4v) is 5.36. The highest BCUT2D eigenvalue weighted by atomic mass is 32.2. The number of nitrogens with zero attached hydrogens (tertiary/aromatic N) is 2. The molecule has 1 aliphatic carbocycles. The van der Waals surface area contributed by atoms with Crippen molar-refractivity contribution < 1.29 is 44.0 Å². The van der Waals surface area contributed by atoms with Gasteiger partial charge in [-0.2, -0.15) is 0 Å². The number of carboxylic acid groups (broad SMARTS) is 1. The second-order valence-corrected chi connectivity index (χ2v) is 9.36. The number of hydrogen-bond donors (Lipinski definition) is 4. The number of aliphatic hydroxyl groups is 1. The Labute approximate surface area is 214 Å². The number of carbonyl (C=O) groups is 5. The van der Waals surface area contributed by atoms with E-state index in [1.165, 1.54) is 36.0 Å². The number of nitrogens with one attached hydrogen (secondary N) is 1. The molecule has 3 aliphatic rings. The van der Waals surface area contributed by atoms with Crippen LogP contribution in [0.3, 0.4) is 0 Å². The molecule has 0 spiro atoms. The molecule has 0 saturated carbocycles. The Hall–Kier alpha value is -4.39. The molecule has 0 aromatic heterocycles. The smallest absolute Gasteiger partial charge is 0.352 e. The Morgan fingerprint density at radius 1 is 1.16 bits per heavy atom. The lowest BCUT2D eigenvalue weighted by atomic mass is 9.97. The summed E-state index contributed by atoms with van der Waals surface area (Å²) in [5.41, 5.74) is -0.466. The van der Waals surface area contributed by atoms with Crippen LogP contribution in [-0.2, 0) is 28.7 Å². The van der Waals surface area contributed by atoms with E-state index in [2.05, 4.69) is 15.0 Å². The van der Waals surface area contributed by atoms with Gasteiger partial charge < -0.3 is 25.4 Å². The zero-order valence-electron chi connectivity index (χ0n) is 19.5. The fourth-order valence-electron chi connectivity index (χ4n) is 4.07. The number of aliphatic hydroxyl groups excluding tert-OH is 1. The molecule has 13 heteroatoms. The van der Waals surface area contributed by atoms with Crippen molar-refractivity contribution in [2.45, 2.75) is 24.4 Å².